The summed E-state index contributed by atoms with van der Waals surface area (Å²) >= 11 is 0. The van der Waals surface area contributed by atoms with Crippen molar-refractivity contribution in [3.05, 3.63) is 42.2 Å². The van der Waals surface area contributed by atoms with Crippen LogP contribution in [0.5, 0.6) is 6.01 Å². The molecule has 0 fully saturated rings. The van der Waals surface area contributed by atoms with Crippen molar-refractivity contribution in [1.29, 1.82) is 0 Å². The largest absolute Gasteiger partial charge is 0.467 e. The minimum Gasteiger partial charge on any atom is -0.467 e. The summed E-state index contributed by atoms with van der Waals surface area (Å²) in [5.41, 5.74) is -1.06. The molecule has 2 rings (SSSR count). The number of aromatic nitrogens is 2. The van der Waals surface area contributed by atoms with Crippen molar-refractivity contribution < 1.29 is 26.3 Å². The summed E-state index contributed by atoms with van der Waals surface area (Å²) in [6.45, 7) is 0. The molecule has 0 unspecified atom stereocenters. The van der Waals surface area contributed by atoms with E-state index in [0.29, 0.717) is 6.07 Å². The number of nitrogens with one attached hydrogen (secondary N) is 1. The average Bonchev–Trinajstić information content (AvgIpc) is 2.47. The maximum Gasteiger partial charge on any atom is 0.416 e. The Morgan fingerprint density at radius 1 is 1.18 bits per heavy atom. The van der Waals surface area contributed by atoms with E-state index in [1.54, 1.807) is 0 Å². The van der Waals surface area contributed by atoms with E-state index >= 15 is 0 Å². The third-order valence-corrected chi connectivity index (χ3v) is 3.91. The Morgan fingerprint density at radius 3 is 2.36 bits per heavy atom. The lowest BCUT2D eigenvalue weighted by molar-refractivity contribution is -0.137. The van der Waals surface area contributed by atoms with E-state index in [2.05, 4.69) is 14.7 Å². The summed E-state index contributed by atoms with van der Waals surface area (Å²) in [6, 6.07) is 3.44. The second-order valence-electron chi connectivity index (χ2n) is 4.09. The molecule has 10 heteroatoms. The number of anilines is 1. The monoisotopic (exact) mass is 333 g/mol. The molecule has 0 bridgehead atoms. The van der Waals surface area contributed by atoms with Gasteiger partial charge in [0.1, 0.15) is 0 Å². The van der Waals surface area contributed by atoms with E-state index in [0.717, 1.165) is 30.6 Å². The number of benzene rings is 1. The lowest BCUT2D eigenvalue weighted by atomic mass is 10.2. The molecule has 0 aliphatic carbocycles. The van der Waals surface area contributed by atoms with Gasteiger partial charge in [-0.05, 0) is 18.2 Å². The van der Waals surface area contributed by atoms with Crippen LogP contribution in [-0.4, -0.2) is 25.5 Å². The van der Waals surface area contributed by atoms with Crippen LogP contribution in [-0.2, 0) is 16.2 Å². The molecule has 1 N–H and O–H groups in total. The van der Waals surface area contributed by atoms with Crippen LogP contribution >= 0.6 is 0 Å². The van der Waals surface area contributed by atoms with Gasteiger partial charge in [0.2, 0.25) is 0 Å². The molecule has 0 radical (unpaired) electrons. The first-order chi connectivity index (χ1) is 10.2. The smallest absolute Gasteiger partial charge is 0.416 e. The fourth-order valence-corrected chi connectivity index (χ4v) is 2.60. The number of rotatable bonds is 4. The van der Waals surface area contributed by atoms with Crippen LogP contribution < -0.4 is 9.46 Å². The predicted molar refractivity (Wildman–Crippen MR) is 70.8 cm³/mol. The lowest BCUT2D eigenvalue weighted by Gasteiger charge is -2.10. The molecule has 22 heavy (non-hydrogen) atoms. The van der Waals surface area contributed by atoms with Crippen LogP contribution in [0.2, 0.25) is 0 Å². The molecule has 0 spiro atoms. The quantitative estimate of drug-likeness (QED) is 0.928. The van der Waals surface area contributed by atoms with Gasteiger partial charge in [-0.25, -0.2) is 18.4 Å². The topological polar surface area (TPSA) is 81.2 Å². The summed E-state index contributed by atoms with van der Waals surface area (Å²) in [5.74, 6) is 0. The van der Waals surface area contributed by atoms with Gasteiger partial charge in [-0.3, -0.25) is 4.72 Å². The van der Waals surface area contributed by atoms with Crippen molar-refractivity contribution in [3.8, 4) is 6.01 Å². The zero-order chi connectivity index (χ0) is 16.4. The summed E-state index contributed by atoms with van der Waals surface area (Å²) in [7, 11) is -2.85. The molecule has 0 saturated carbocycles. The van der Waals surface area contributed by atoms with Crippen molar-refractivity contribution >= 4 is 15.7 Å². The van der Waals surface area contributed by atoms with Gasteiger partial charge >= 0.3 is 12.2 Å². The van der Waals surface area contributed by atoms with Gasteiger partial charge in [-0.1, -0.05) is 6.07 Å². The lowest BCUT2D eigenvalue weighted by Crippen LogP contribution is -2.15. The van der Waals surface area contributed by atoms with Gasteiger partial charge in [0.15, 0.2) is 0 Å². The fourth-order valence-electron chi connectivity index (χ4n) is 1.53. The Hall–Kier alpha value is -2.36. The van der Waals surface area contributed by atoms with E-state index in [1.807, 2.05) is 0 Å². The summed E-state index contributed by atoms with van der Waals surface area (Å²) < 4.78 is 68.8. The second kappa shape index (κ2) is 5.79. The Morgan fingerprint density at radius 2 is 1.82 bits per heavy atom. The van der Waals surface area contributed by atoms with Crippen LogP contribution in [0.4, 0.5) is 18.9 Å². The summed E-state index contributed by atoms with van der Waals surface area (Å²) in [5, 5.41) is 0. The summed E-state index contributed by atoms with van der Waals surface area (Å²) in [6.07, 6.45) is -2.36. The number of nitrogens with zero attached hydrogens (tertiary/aromatic N) is 2. The third kappa shape index (κ3) is 3.64. The second-order valence-corrected chi connectivity index (χ2v) is 5.77. The van der Waals surface area contributed by atoms with Crippen LogP contribution in [0.3, 0.4) is 0 Å². The first-order valence-electron chi connectivity index (χ1n) is 5.78. The van der Waals surface area contributed by atoms with E-state index < -0.39 is 26.7 Å². The summed E-state index contributed by atoms with van der Waals surface area (Å²) in [4.78, 5) is 6.87. The Balaban J connectivity index is 2.30. The number of hydrogen-bond donors (Lipinski definition) is 1. The Bertz CT molecular complexity index is 761. The van der Waals surface area contributed by atoms with Gasteiger partial charge in [0.05, 0.1) is 35.6 Å². The first kappa shape index (κ1) is 16.0. The molecule has 0 aliphatic heterocycles. The van der Waals surface area contributed by atoms with Crippen molar-refractivity contribution in [3.63, 3.8) is 0 Å². The van der Waals surface area contributed by atoms with E-state index in [4.69, 9.17) is 4.74 Å². The fraction of sp³-hybridized carbons (Fsp3) is 0.167. The normalized spacial score (nSPS) is 12.0. The number of alkyl halides is 3. The number of hydrogen-bond acceptors (Lipinski definition) is 5. The van der Waals surface area contributed by atoms with E-state index in [1.165, 1.54) is 7.11 Å². The van der Waals surface area contributed by atoms with E-state index in [-0.39, 0.29) is 11.7 Å². The molecule has 1 aromatic heterocycles. The van der Waals surface area contributed by atoms with Gasteiger partial charge in [0.25, 0.3) is 10.0 Å². The van der Waals surface area contributed by atoms with Crippen LogP contribution in [0.25, 0.3) is 0 Å². The highest BCUT2D eigenvalue weighted by molar-refractivity contribution is 7.92. The molecule has 2 aromatic rings. The van der Waals surface area contributed by atoms with Crippen LogP contribution in [0, 0.1) is 0 Å². The molecular formula is C12H10F3N3O3S. The molecule has 1 aromatic carbocycles. The number of methoxy groups -OCH3 is 1. The highest BCUT2D eigenvalue weighted by Gasteiger charge is 2.31. The molecule has 0 atom stereocenters. The standard InChI is InChI=1S/C12H10F3N3O3S/c1-21-11-16-6-9(7-17-11)18-22(19,20)10-4-2-3-8(5-10)12(13,14)15/h2-7,18H,1H3. The maximum absolute atomic E-state index is 12.6. The Labute approximate surface area is 124 Å². The molecular weight excluding hydrogens is 323 g/mol. The molecule has 1 heterocycles. The number of sulfonamides is 1. The van der Waals surface area contributed by atoms with Gasteiger partial charge < -0.3 is 4.74 Å². The van der Waals surface area contributed by atoms with Crippen LogP contribution in [0.1, 0.15) is 5.56 Å². The average molecular weight is 333 g/mol. The highest BCUT2D eigenvalue weighted by Crippen LogP contribution is 2.30. The zero-order valence-electron chi connectivity index (χ0n) is 11.1. The minimum absolute atomic E-state index is 0.00166. The SMILES string of the molecule is COc1ncc(NS(=O)(=O)c2cccc(C(F)(F)F)c2)cn1. The predicted octanol–water partition coefficient (Wildman–Crippen LogP) is 2.30. The zero-order valence-corrected chi connectivity index (χ0v) is 11.9. The van der Waals surface area contributed by atoms with Gasteiger partial charge in [-0.2, -0.15) is 13.2 Å². The maximum atomic E-state index is 12.6. The molecule has 118 valence electrons. The van der Waals surface area contributed by atoms with Crippen LogP contribution in [0.15, 0.2) is 41.6 Å². The van der Waals surface area contributed by atoms with Crippen molar-refractivity contribution in [2.24, 2.45) is 0 Å². The molecule has 0 amide bonds. The Kier molecular flexibility index (Phi) is 4.22. The van der Waals surface area contributed by atoms with Crippen molar-refractivity contribution in [2.45, 2.75) is 11.1 Å². The van der Waals surface area contributed by atoms with Gasteiger partial charge in [0, 0.05) is 0 Å². The van der Waals surface area contributed by atoms with Gasteiger partial charge in [-0.15, -0.1) is 0 Å². The number of halogens is 3. The highest BCUT2D eigenvalue weighted by atomic mass is 32.2. The minimum atomic E-state index is -4.63. The first-order valence-corrected chi connectivity index (χ1v) is 7.27. The third-order valence-electron chi connectivity index (χ3n) is 2.53. The molecule has 0 saturated heterocycles. The molecule has 0 aliphatic rings. The van der Waals surface area contributed by atoms with E-state index in [9.17, 15) is 21.6 Å². The number of ether oxygens (including phenoxy) is 1. The van der Waals surface area contributed by atoms with Crippen molar-refractivity contribution in [2.75, 3.05) is 11.8 Å². The van der Waals surface area contributed by atoms with Crippen molar-refractivity contribution in [1.82, 2.24) is 9.97 Å². The molecule has 6 nitrogen and oxygen atoms in total.